The first kappa shape index (κ1) is 9.13. The topological polar surface area (TPSA) is 0 Å². The van der Waals surface area contributed by atoms with Crippen molar-refractivity contribution in [2.45, 2.75) is 17.4 Å². The van der Waals surface area contributed by atoms with Gasteiger partial charge in [0.15, 0.2) is 0 Å². The van der Waals surface area contributed by atoms with E-state index >= 15 is 0 Å². The quantitative estimate of drug-likeness (QED) is 0.488. The minimum atomic E-state index is -4.58. The van der Waals surface area contributed by atoms with Gasteiger partial charge in [0.25, 0.3) is 0 Å². The Morgan fingerprint density at radius 1 is 1.11 bits per heavy atom. The zero-order chi connectivity index (χ0) is 7.65. The first-order chi connectivity index (χ1) is 3.89. The summed E-state index contributed by atoms with van der Waals surface area (Å²) >= 11 is 1.70. The average Bonchev–Trinajstić information content (AvgIpc) is 1.65. The highest BCUT2D eigenvalue weighted by molar-refractivity contribution is 9.09. The summed E-state index contributed by atoms with van der Waals surface area (Å²) in [5, 5.41) is -2.98. The standard InChI is InChI=1S/C3H2BrF5/c4-1(5)3(8,9)2(6)7/h1-2H. The lowest BCUT2D eigenvalue weighted by Gasteiger charge is -2.13. The molecule has 0 aromatic heterocycles. The Bertz CT molecular complexity index is 80.2. The summed E-state index contributed by atoms with van der Waals surface area (Å²) in [4.78, 5) is 0. The summed E-state index contributed by atoms with van der Waals surface area (Å²) in [6.45, 7) is 0. The van der Waals surface area contributed by atoms with Gasteiger partial charge in [-0.15, -0.1) is 0 Å². The molecule has 0 fully saturated rings. The van der Waals surface area contributed by atoms with Gasteiger partial charge in [0.1, 0.15) is 0 Å². The van der Waals surface area contributed by atoms with Crippen molar-refractivity contribution in [3.8, 4) is 0 Å². The second-order valence-corrected chi connectivity index (χ2v) is 2.08. The van der Waals surface area contributed by atoms with Crippen molar-refractivity contribution in [1.82, 2.24) is 0 Å². The van der Waals surface area contributed by atoms with E-state index in [-0.39, 0.29) is 0 Å². The van der Waals surface area contributed by atoms with Crippen LogP contribution in [0.5, 0.6) is 0 Å². The number of rotatable bonds is 2. The molecule has 0 spiro atoms. The molecule has 6 heteroatoms. The molecule has 0 aliphatic carbocycles. The Hall–Kier alpha value is 0.130. The Kier molecular flexibility index (Phi) is 2.85. The van der Waals surface area contributed by atoms with Crippen LogP contribution in [0.2, 0.25) is 0 Å². The molecule has 0 aromatic carbocycles. The fourth-order valence-corrected chi connectivity index (χ4v) is 0.295. The second kappa shape index (κ2) is 2.81. The molecule has 0 bridgehead atoms. The molecular formula is C3H2BrF5. The predicted octanol–water partition coefficient (Wildman–Crippen LogP) is 2.58. The Balaban J connectivity index is 4.01. The molecule has 9 heavy (non-hydrogen) atoms. The zero-order valence-electron chi connectivity index (χ0n) is 3.92. The van der Waals surface area contributed by atoms with Gasteiger partial charge >= 0.3 is 12.3 Å². The fraction of sp³-hybridized carbons (Fsp3) is 1.00. The van der Waals surface area contributed by atoms with Crippen LogP contribution in [0, 0.1) is 0 Å². The lowest BCUT2D eigenvalue weighted by molar-refractivity contribution is -0.146. The van der Waals surface area contributed by atoms with E-state index in [1.54, 1.807) is 15.9 Å². The van der Waals surface area contributed by atoms with Crippen LogP contribution >= 0.6 is 15.9 Å². The van der Waals surface area contributed by atoms with Gasteiger partial charge < -0.3 is 0 Å². The Labute approximate surface area is 56.2 Å². The van der Waals surface area contributed by atoms with Crippen LogP contribution in [0.4, 0.5) is 22.0 Å². The minimum Gasteiger partial charge on any atom is -0.228 e. The van der Waals surface area contributed by atoms with Crippen LogP contribution in [-0.2, 0) is 0 Å². The van der Waals surface area contributed by atoms with Crippen molar-refractivity contribution in [2.75, 3.05) is 0 Å². The van der Waals surface area contributed by atoms with Gasteiger partial charge in [-0.25, -0.2) is 13.2 Å². The Morgan fingerprint density at radius 3 is 1.44 bits per heavy atom. The number of alkyl halides is 6. The van der Waals surface area contributed by atoms with Gasteiger partial charge in [0.2, 0.25) is 5.08 Å². The summed E-state index contributed by atoms with van der Waals surface area (Å²) in [5.41, 5.74) is 0. The molecular weight excluding hydrogens is 211 g/mol. The maximum Gasteiger partial charge on any atom is 0.347 e. The van der Waals surface area contributed by atoms with Crippen LogP contribution in [-0.4, -0.2) is 17.4 Å². The highest BCUT2D eigenvalue weighted by Crippen LogP contribution is 2.31. The number of hydrogen-bond donors (Lipinski definition) is 0. The molecule has 56 valence electrons. The van der Waals surface area contributed by atoms with E-state index in [9.17, 15) is 22.0 Å². The van der Waals surface area contributed by atoms with Crippen LogP contribution in [0.15, 0.2) is 0 Å². The summed E-state index contributed by atoms with van der Waals surface area (Å²) in [6, 6.07) is 0. The third-order valence-electron chi connectivity index (χ3n) is 0.582. The van der Waals surface area contributed by atoms with Gasteiger partial charge in [-0.05, 0) is 15.9 Å². The van der Waals surface area contributed by atoms with Crippen LogP contribution < -0.4 is 0 Å². The summed E-state index contributed by atoms with van der Waals surface area (Å²) in [6.07, 6.45) is -3.97. The maximum atomic E-state index is 11.5. The monoisotopic (exact) mass is 212 g/mol. The van der Waals surface area contributed by atoms with Crippen LogP contribution in [0.1, 0.15) is 0 Å². The highest BCUT2D eigenvalue weighted by atomic mass is 79.9. The lowest BCUT2D eigenvalue weighted by atomic mass is 10.4. The van der Waals surface area contributed by atoms with E-state index in [4.69, 9.17) is 0 Å². The molecule has 0 aliphatic rings. The van der Waals surface area contributed by atoms with E-state index in [1.165, 1.54) is 0 Å². The van der Waals surface area contributed by atoms with Crippen molar-refractivity contribution < 1.29 is 22.0 Å². The molecule has 0 heterocycles. The largest absolute Gasteiger partial charge is 0.347 e. The molecule has 0 saturated carbocycles. The molecule has 0 radical (unpaired) electrons. The highest BCUT2D eigenvalue weighted by Gasteiger charge is 2.48. The van der Waals surface area contributed by atoms with Gasteiger partial charge in [-0.1, -0.05) is 0 Å². The van der Waals surface area contributed by atoms with Crippen molar-refractivity contribution in [1.29, 1.82) is 0 Å². The van der Waals surface area contributed by atoms with E-state index in [1.807, 2.05) is 0 Å². The molecule has 0 nitrogen and oxygen atoms in total. The number of halogens is 6. The van der Waals surface area contributed by atoms with Gasteiger partial charge in [-0.2, -0.15) is 8.78 Å². The number of hydrogen-bond acceptors (Lipinski definition) is 0. The van der Waals surface area contributed by atoms with E-state index in [2.05, 4.69) is 0 Å². The maximum absolute atomic E-state index is 11.5. The molecule has 0 amide bonds. The molecule has 0 saturated heterocycles. The van der Waals surface area contributed by atoms with E-state index in [0.29, 0.717) is 0 Å². The second-order valence-electron chi connectivity index (χ2n) is 1.28. The summed E-state index contributed by atoms with van der Waals surface area (Å²) in [7, 11) is 0. The van der Waals surface area contributed by atoms with Gasteiger partial charge in [0, 0.05) is 0 Å². The molecule has 1 unspecified atom stereocenters. The van der Waals surface area contributed by atoms with Crippen LogP contribution in [0.3, 0.4) is 0 Å². The molecule has 0 N–H and O–H groups in total. The molecule has 1 atom stereocenters. The molecule has 0 aliphatic heterocycles. The van der Waals surface area contributed by atoms with Crippen molar-refractivity contribution in [3.63, 3.8) is 0 Å². The molecule has 0 aromatic rings. The van der Waals surface area contributed by atoms with E-state index < -0.39 is 17.4 Å². The van der Waals surface area contributed by atoms with Crippen molar-refractivity contribution in [2.24, 2.45) is 0 Å². The minimum absolute atomic E-state index is 1.70. The normalized spacial score (nSPS) is 16.3. The first-order valence-electron chi connectivity index (χ1n) is 1.83. The summed E-state index contributed by atoms with van der Waals surface area (Å²) in [5.74, 6) is -4.58. The van der Waals surface area contributed by atoms with Crippen molar-refractivity contribution in [3.05, 3.63) is 0 Å². The predicted molar refractivity (Wildman–Crippen MR) is 24.8 cm³/mol. The average molecular weight is 213 g/mol. The van der Waals surface area contributed by atoms with Gasteiger partial charge in [0.05, 0.1) is 0 Å². The molecule has 0 rings (SSSR count). The smallest absolute Gasteiger partial charge is 0.228 e. The third-order valence-corrected chi connectivity index (χ3v) is 1.19. The summed E-state index contributed by atoms with van der Waals surface area (Å²) < 4.78 is 56.5. The fourth-order valence-electron chi connectivity index (χ4n) is 0.0952. The Morgan fingerprint density at radius 2 is 1.44 bits per heavy atom. The van der Waals surface area contributed by atoms with Crippen LogP contribution in [0.25, 0.3) is 0 Å². The van der Waals surface area contributed by atoms with Crippen molar-refractivity contribution >= 4 is 15.9 Å². The third kappa shape index (κ3) is 2.08. The SMILES string of the molecule is FC(F)C(F)(F)C(F)Br. The van der Waals surface area contributed by atoms with E-state index in [0.717, 1.165) is 0 Å². The zero-order valence-corrected chi connectivity index (χ0v) is 5.51. The van der Waals surface area contributed by atoms with Gasteiger partial charge in [-0.3, -0.25) is 0 Å². The lowest BCUT2D eigenvalue weighted by Crippen LogP contribution is -2.33. The first-order valence-corrected chi connectivity index (χ1v) is 2.74.